The SMILES string of the molecule is Cc1ccc(Br)cc1C(NN)c1ccc(Cl)s1. The topological polar surface area (TPSA) is 38.0 Å². The van der Waals surface area contributed by atoms with Crippen LogP contribution in [0.4, 0.5) is 0 Å². The van der Waals surface area contributed by atoms with Gasteiger partial charge in [0.2, 0.25) is 0 Å². The van der Waals surface area contributed by atoms with Crippen LogP contribution in [0.15, 0.2) is 34.8 Å². The fraction of sp³-hybridized carbons (Fsp3) is 0.167. The first-order chi connectivity index (χ1) is 8.11. The number of rotatable bonds is 3. The number of halogens is 2. The van der Waals surface area contributed by atoms with Crippen molar-refractivity contribution < 1.29 is 0 Å². The molecule has 1 atom stereocenters. The Morgan fingerprint density at radius 2 is 2.12 bits per heavy atom. The van der Waals surface area contributed by atoms with Crippen molar-refractivity contribution in [1.82, 2.24) is 5.43 Å². The summed E-state index contributed by atoms with van der Waals surface area (Å²) in [7, 11) is 0. The van der Waals surface area contributed by atoms with E-state index < -0.39 is 0 Å². The minimum atomic E-state index is -0.0231. The number of hydrazine groups is 1. The molecular weight excluding hydrogens is 320 g/mol. The van der Waals surface area contributed by atoms with Gasteiger partial charge in [-0.2, -0.15) is 0 Å². The number of nitrogens with two attached hydrogens (primary N) is 1. The lowest BCUT2D eigenvalue weighted by Crippen LogP contribution is -2.28. The van der Waals surface area contributed by atoms with Gasteiger partial charge in [0.1, 0.15) is 0 Å². The highest BCUT2D eigenvalue weighted by atomic mass is 79.9. The van der Waals surface area contributed by atoms with Crippen molar-refractivity contribution in [1.29, 1.82) is 0 Å². The van der Waals surface area contributed by atoms with Gasteiger partial charge in [-0.3, -0.25) is 5.84 Å². The molecule has 17 heavy (non-hydrogen) atoms. The molecular formula is C12H12BrClN2S. The van der Waals surface area contributed by atoms with E-state index in [4.69, 9.17) is 17.4 Å². The summed E-state index contributed by atoms with van der Waals surface area (Å²) in [6.07, 6.45) is 0. The molecule has 0 amide bonds. The van der Waals surface area contributed by atoms with Crippen LogP contribution in [-0.2, 0) is 0 Å². The molecule has 0 saturated heterocycles. The van der Waals surface area contributed by atoms with E-state index in [9.17, 15) is 0 Å². The minimum absolute atomic E-state index is 0.0231. The second-order valence-electron chi connectivity index (χ2n) is 3.74. The van der Waals surface area contributed by atoms with E-state index in [1.807, 2.05) is 18.2 Å². The third-order valence-electron chi connectivity index (χ3n) is 2.60. The Balaban J connectivity index is 2.45. The average Bonchev–Trinajstić information content (AvgIpc) is 2.71. The zero-order valence-electron chi connectivity index (χ0n) is 9.21. The fourth-order valence-corrected chi connectivity index (χ4v) is 3.25. The molecule has 2 nitrogen and oxygen atoms in total. The van der Waals surface area contributed by atoms with Gasteiger partial charge in [-0.05, 0) is 42.3 Å². The van der Waals surface area contributed by atoms with Crippen molar-refractivity contribution in [3.05, 3.63) is 55.1 Å². The molecule has 2 rings (SSSR count). The van der Waals surface area contributed by atoms with Gasteiger partial charge in [0.05, 0.1) is 10.4 Å². The van der Waals surface area contributed by atoms with Crippen molar-refractivity contribution >= 4 is 38.9 Å². The van der Waals surface area contributed by atoms with Crippen LogP contribution < -0.4 is 11.3 Å². The number of benzene rings is 1. The molecule has 0 saturated carbocycles. The normalized spacial score (nSPS) is 12.7. The summed E-state index contributed by atoms with van der Waals surface area (Å²) in [5.74, 6) is 5.66. The van der Waals surface area contributed by atoms with Gasteiger partial charge in [0.25, 0.3) is 0 Å². The van der Waals surface area contributed by atoms with E-state index >= 15 is 0 Å². The molecule has 0 aliphatic carbocycles. The third-order valence-corrected chi connectivity index (χ3v) is 4.39. The van der Waals surface area contributed by atoms with Crippen molar-refractivity contribution in [3.63, 3.8) is 0 Å². The number of aryl methyl sites for hydroxylation is 1. The van der Waals surface area contributed by atoms with E-state index in [0.717, 1.165) is 19.2 Å². The van der Waals surface area contributed by atoms with Crippen molar-refractivity contribution in [2.45, 2.75) is 13.0 Å². The standard InChI is InChI=1S/C12H12BrClN2S/c1-7-2-3-8(13)6-9(7)12(16-15)10-4-5-11(14)17-10/h2-6,12,16H,15H2,1H3. The monoisotopic (exact) mass is 330 g/mol. The maximum atomic E-state index is 5.96. The quantitative estimate of drug-likeness (QED) is 0.658. The largest absolute Gasteiger partial charge is 0.271 e. The molecule has 1 aromatic carbocycles. The summed E-state index contributed by atoms with van der Waals surface area (Å²) in [4.78, 5) is 1.11. The van der Waals surface area contributed by atoms with Gasteiger partial charge in [-0.1, -0.05) is 33.6 Å². The maximum absolute atomic E-state index is 5.96. The lowest BCUT2D eigenvalue weighted by molar-refractivity contribution is 0.643. The lowest BCUT2D eigenvalue weighted by Gasteiger charge is -2.17. The Hall–Kier alpha value is -0.390. The van der Waals surface area contributed by atoms with Crippen molar-refractivity contribution in [3.8, 4) is 0 Å². The summed E-state index contributed by atoms with van der Waals surface area (Å²) < 4.78 is 1.81. The number of hydrogen-bond acceptors (Lipinski definition) is 3. The van der Waals surface area contributed by atoms with Gasteiger partial charge in [0, 0.05) is 9.35 Å². The van der Waals surface area contributed by atoms with Crippen LogP contribution >= 0.6 is 38.9 Å². The molecule has 0 spiro atoms. The molecule has 90 valence electrons. The summed E-state index contributed by atoms with van der Waals surface area (Å²) in [5, 5.41) is 0. The summed E-state index contributed by atoms with van der Waals surface area (Å²) in [6.45, 7) is 2.07. The third kappa shape index (κ3) is 2.89. The summed E-state index contributed by atoms with van der Waals surface area (Å²) in [5.41, 5.74) is 5.20. The zero-order valence-corrected chi connectivity index (χ0v) is 12.4. The molecule has 1 aromatic heterocycles. The molecule has 0 fully saturated rings. The van der Waals surface area contributed by atoms with E-state index in [0.29, 0.717) is 0 Å². The molecule has 2 aromatic rings. The maximum Gasteiger partial charge on any atom is 0.0931 e. The fourth-order valence-electron chi connectivity index (χ4n) is 1.73. The molecule has 0 bridgehead atoms. The van der Waals surface area contributed by atoms with E-state index in [1.165, 1.54) is 16.9 Å². The predicted octanol–water partition coefficient (Wildman–Crippen LogP) is 4.03. The first-order valence-corrected chi connectivity index (χ1v) is 7.08. The zero-order chi connectivity index (χ0) is 12.4. The van der Waals surface area contributed by atoms with E-state index in [2.05, 4.69) is 40.4 Å². The molecule has 0 aliphatic rings. The smallest absolute Gasteiger partial charge is 0.0931 e. The minimum Gasteiger partial charge on any atom is -0.271 e. The van der Waals surface area contributed by atoms with Gasteiger partial charge < -0.3 is 0 Å². The van der Waals surface area contributed by atoms with Crippen LogP contribution in [0.3, 0.4) is 0 Å². The number of thiophene rings is 1. The first kappa shape index (κ1) is 13.1. The molecule has 5 heteroatoms. The van der Waals surface area contributed by atoms with Crippen LogP contribution in [-0.4, -0.2) is 0 Å². The highest BCUT2D eigenvalue weighted by Crippen LogP contribution is 2.32. The Kier molecular flexibility index (Phi) is 4.22. The van der Waals surface area contributed by atoms with Gasteiger partial charge >= 0.3 is 0 Å². The van der Waals surface area contributed by atoms with Gasteiger partial charge in [-0.15, -0.1) is 11.3 Å². The molecule has 0 aliphatic heterocycles. The van der Waals surface area contributed by atoms with Crippen LogP contribution in [0.25, 0.3) is 0 Å². The lowest BCUT2D eigenvalue weighted by atomic mass is 10.0. The van der Waals surface area contributed by atoms with Gasteiger partial charge in [-0.25, -0.2) is 5.43 Å². The summed E-state index contributed by atoms with van der Waals surface area (Å²) in [6, 6.07) is 10.0. The number of nitrogens with one attached hydrogen (secondary N) is 1. The first-order valence-electron chi connectivity index (χ1n) is 5.09. The number of hydrogen-bond donors (Lipinski definition) is 2. The van der Waals surface area contributed by atoms with E-state index in [1.54, 1.807) is 0 Å². The predicted molar refractivity (Wildman–Crippen MR) is 77.4 cm³/mol. The Morgan fingerprint density at radius 3 is 2.71 bits per heavy atom. The highest BCUT2D eigenvalue weighted by molar-refractivity contribution is 9.10. The summed E-state index contributed by atoms with van der Waals surface area (Å²) >= 11 is 11.0. The van der Waals surface area contributed by atoms with Crippen LogP contribution in [0.5, 0.6) is 0 Å². The Bertz CT molecular complexity index is 527. The van der Waals surface area contributed by atoms with Crippen LogP contribution in [0.1, 0.15) is 22.0 Å². The molecule has 3 N–H and O–H groups in total. The molecule has 1 unspecified atom stereocenters. The second kappa shape index (κ2) is 5.50. The van der Waals surface area contributed by atoms with Crippen LogP contribution in [0, 0.1) is 6.92 Å². The van der Waals surface area contributed by atoms with Crippen molar-refractivity contribution in [2.24, 2.45) is 5.84 Å². The van der Waals surface area contributed by atoms with Crippen molar-refractivity contribution in [2.75, 3.05) is 0 Å². The second-order valence-corrected chi connectivity index (χ2v) is 6.40. The van der Waals surface area contributed by atoms with E-state index in [-0.39, 0.29) is 6.04 Å². The van der Waals surface area contributed by atoms with Gasteiger partial charge in [0.15, 0.2) is 0 Å². The Labute approximate surface area is 118 Å². The highest BCUT2D eigenvalue weighted by Gasteiger charge is 2.16. The average molecular weight is 332 g/mol. The molecule has 1 heterocycles. The molecule has 0 radical (unpaired) electrons. The van der Waals surface area contributed by atoms with Crippen LogP contribution in [0.2, 0.25) is 4.34 Å². The Morgan fingerprint density at radius 1 is 1.35 bits per heavy atom.